The quantitative estimate of drug-likeness (QED) is 0.517. The van der Waals surface area contributed by atoms with Crippen LogP contribution in [0.4, 0.5) is 0 Å². The number of hydrogen-bond acceptors (Lipinski definition) is 3. The van der Waals surface area contributed by atoms with Crippen molar-refractivity contribution in [3.63, 3.8) is 0 Å². The van der Waals surface area contributed by atoms with E-state index in [2.05, 4.69) is 9.97 Å². The van der Waals surface area contributed by atoms with Gasteiger partial charge in [0, 0.05) is 12.3 Å². The molecule has 1 rings (SSSR count). The normalized spacial score (nSPS) is 8.89. The molecule has 0 aromatic carbocycles. The zero-order chi connectivity index (χ0) is 6.69. The lowest BCUT2D eigenvalue weighted by atomic mass is 10.6. The molecule has 0 atom stereocenters. The Kier molecular flexibility index (Phi) is 1.40. The van der Waals surface area contributed by atoms with Crippen molar-refractivity contribution in [2.45, 2.75) is 0 Å². The third-order valence-corrected chi connectivity index (χ3v) is 0.802. The number of nitrogens with zero attached hydrogens (tertiary/aromatic N) is 1. The van der Waals surface area contributed by atoms with E-state index in [1.54, 1.807) is 0 Å². The first-order valence-corrected chi connectivity index (χ1v) is 2.33. The van der Waals surface area contributed by atoms with Crippen LogP contribution in [0.1, 0.15) is 10.6 Å². The van der Waals surface area contributed by atoms with Crippen LogP contribution < -0.4 is 5.56 Å². The van der Waals surface area contributed by atoms with Crippen LogP contribution in [0.3, 0.4) is 0 Å². The number of aromatic amines is 1. The van der Waals surface area contributed by atoms with Crippen LogP contribution >= 0.6 is 0 Å². The lowest BCUT2D eigenvalue weighted by Gasteiger charge is -1.83. The van der Waals surface area contributed by atoms with Gasteiger partial charge in [0.15, 0.2) is 12.1 Å². The molecule has 4 heteroatoms. The molecule has 1 N–H and O–H groups in total. The highest BCUT2D eigenvalue weighted by Crippen LogP contribution is 1.72. The number of rotatable bonds is 1. The maximum absolute atomic E-state index is 10.4. The van der Waals surface area contributed by atoms with Crippen LogP contribution in [-0.4, -0.2) is 16.3 Å². The predicted octanol–water partition coefficient (Wildman–Crippen LogP) is -0.418. The molecular formula is C5H4N2O2. The number of nitrogens with one attached hydrogen (secondary N) is 1. The Bertz CT molecular complexity index is 266. The minimum Gasteiger partial charge on any atom is -0.304 e. The second-order valence-corrected chi connectivity index (χ2v) is 1.44. The van der Waals surface area contributed by atoms with Gasteiger partial charge in [-0.05, 0) is 0 Å². The summed E-state index contributed by atoms with van der Waals surface area (Å²) in [4.78, 5) is 26.1. The van der Waals surface area contributed by atoms with Crippen LogP contribution in [-0.2, 0) is 0 Å². The summed E-state index contributed by atoms with van der Waals surface area (Å²) in [6.45, 7) is 0. The average Bonchev–Trinajstić information content (AvgIpc) is 1.88. The van der Waals surface area contributed by atoms with Crippen molar-refractivity contribution >= 4 is 6.29 Å². The number of carbonyl (C=O) groups is 1. The Morgan fingerprint density at radius 3 is 2.89 bits per heavy atom. The summed E-state index contributed by atoms with van der Waals surface area (Å²) in [6.07, 6.45) is 1.77. The first kappa shape index (κ1) is 5.68. The highest BCUT2D eigenvalue weighted by molar-refractivity contribution is 5.68. The van der Waals surface area contributed by atoms with Crippen LogP contribution in [0.15, 0.2) is 17.1 Å². The third kappa shape index (κ3) is 1.22. The Morgan fingerprint density at radius 1 is 1.67 bits per heavy atom. The van der Waals surface area contributed by atoms with Gasteiger partial charge in [-0.3, -0.25) is 9.59 Å². The Hall–Kier alpha value is -1.45. The van der Waals surface area contributed by atoms with Crippen molar-refractivity contribution in [2.75, 3.05) is 0 Å². The molecule has 46 valence electrons. The number of H-pyrrole nitrogens is 1. The number of aldehydes is 1. The lowest BCUT2D eigenvalue weighted by molar-refractivity contribution is 0.111. The Labute approximate surface area is 50.6 Å². The molecule has 0 aliphatic rings. The molecule has 0 bridgehead atoms. The van der Waals surface area contributed by atoms with Crippen molar-refractivity contribution in [1.82, 2.24) is 9.97 Å². The maximum Gasteiger partial charge on any atom is 0.251 e. The highest BCUT2D eigenvalue weighted by Gasteiger charge is 1.87. The predicted molar refractivity (Wildman–Crippen MR) is 30.2 cm³/mol. The van der Waals surface area contributed by atoms with E-state index in [0.717, 1.165) is 0 Å². The van der Waals surface area contributed by atoms with E-state index in [9.17, 15) is 9.59 Å². The van der Waals surface area contributed by atoms with Crippen molar-refractivity contribution in [2.24, 2.45) is 0 Å². The molecule has 0 spiro atoms. The van der Waals surface area contributed by atoms with E-state index >= 15 is 0 Å². The molecule has 0 saturated heterocycles. The van der Waals surface area contributed by atoms with Crippen LogP contribution in [0.5, 0.6) is 0 Å². The number of carbonyl (C=O) groups excluding carboxylic acids is 1. The van der Waals surface area contributed by atoms with Gasteiger partial charge in [0.25, 0.3) is 5.56 Å². The summed E-state index contributed by atoms with van der Waals surface area (Å²) in [7, 11) is 0. The van der Waals surface area contributed by atoms with Gasteiger partial charge in [0.1, 0.15) is 0 Å². The van der Waals surface area contributed by atoms with Crippen molar-refractivity contribution in [3.8, 4) is 0 Å². The lowest BCUT2D eigenvalue weighted by Crippen LogP contribution is -2.07. The van der Waals surface area contributed by atoms with Gasteiger partial charge in [-0.1, -0.05) is 0 Å². The Balaban J connectivity index is 3.23. The molecule has 9 heavy (non-hydrogen) atoms. The van der Waals surface area contributed by atoms with Crippen LogP contribution in [0.25, 0.3) is 0 Å². The van der Waals surface area contributed by atoms with E-state index in [4.69, 9.17) is 0 Å². The van der Waals surface area contributed by atoms with Crippen LogP contribution in [0, 0.1) is 0 Å². The number of aromatic nitrogens is 2. The van der Waals surface area contributed by atoms with Gasteiger partial charge in [-0.2, -0.15) is 0 Å². The largest absolute Gasteiger partial charge is 0.304 e. The fraction of sp³-hybridized carbons (Fsp3) is 0. The van der Waals surface area contributed by atoms with Gasteiger partial charge < -0.3 is 4.98 Å². The molecule has 0 unspecified atom stereocenters. The molecule has 0 aliphatic carbocycles. The summed E-state index contributed by atoms with van der Waals surface area (Å²) >= 11 is 0. The first-order chi connectivity index (χ1) is 4.33. The summed E-state index contributed by atoms with van der Waals surface area (Å²) in [5.41, 5.74) is -0.313. The minimum atomic E-state index is -0.313. The standard InChI is InChI=1S/C5H4N2O2/c8-3-4-6-2-1-5(9)7-4/h1-3H,(H,6,7,9). The summed E-state index contributed by atoms with van der Waals surface area (Å²) in [6, 6.07) is 1.24. The van der Waals surface area contributed by atoms with Gasteiger partial charge in [-0.25, -0.2) is 4.98 Å². The van der Waals surface area contributed by atoms with E-state index in [0.29, 0.717) is 6.29 Å². The summed E-state index contributed by atoms with van der Waals surface area (Å²) in [5, 5.41) is 0. The van der Waals surface area contributed by atoms with Gasteiger partial charge in [-0.15, -0.1) is 0 Å². The SMILES string of the molecule is O=Cc1nccc(=O)[nH]1. The van der Waals surface area contributed by atoms with Crippen molar-refractivity contribution in [1.29, 1.82) is 0 Å². The maximum atomic E-state index is 10.4. The zero-order valence-corrected chi connectivity index (χ0v) is 4.50. The smallest absolute Gasteiger partial charge is 0.251 e. The van der Waals surface area contributed by atoms with Crippen molar-refractivity contribution in [3.05, 3.63) is 28.4 Å². The zero-order valence-electron chi connectivity index (χ0n) is 4.50. The van der Waals surface area contributed by atoms with E-state index < -0.39 is 0 Å². The molecule has 0 amide bonds. The van der Waals surface area contributed by atoms with E-state index in [-0.39, 0.29) is 11.4 Å². The van der Waals surface area contributed by atoms with Gasteiger partial charge >= 0.3 is 0 Å². The molecular weight excluding hydrogens is 120 g/mol. The second-order valence-electron chi connectivity index (χ2n) is 1.44. The molecule has 0 saturated carbocycles. The molecule has 1 heterocycles. The monoisotopic (exact) mass is 124 g/mol. The number of hydrogen-bond donors (Lipinski definition) is 1. The summed E-state index contributed by atoms with van der Waals surface area (Å²) in [5.74, 6) is 0.0579. The van der Waals surface area contributed by atoms with Crippen LogP contribution in [0.2, 0.25) is 0 Å². The Morgan fingerprint density at radius 2 is 2.44 bits per heavy atom. The fourth-order valence-electron chi connectivity index (χ4n) is 0.445. The molecule has 0 aliphatic heterocycles. The minimum absolute atomic E-state index is 0.0579. The molecule has 1 aromatic heterocycles. The molecule has 0 radical (unpaired) electrons. The molecule has 4 nitrogen and oxygen atoms in total. The topological polar surface area (TPSA) is 62.8 Å². The molecule has 1 aromatic rings. The van der Waals surface area contributed by atoms with E-state index in [1.807, 2.05) is 0 Å². The summed E-state index contributed by atoms with van der Waals surface area (Å²) < 4.78 is 0. The second kappa shape index (κ2) is 2.21. The average molecular weight is 124 g/mol. The van der Waals surface area contributed by atoms with E-state index in [1.165, 1.54) is 12.3 Å². The molecule has 0 fully saturated rings. The van der Waals surface area contributed by atoms with Crippen molar-refractivity contribution < 1.29 is 4.79 Å². The fourth-order valence-corrected chi connectivity index (χ4v) is 0.445. The highest BCUT2D eigenvalue weighted by atomic mass is 16.1. The van der Waals surface area contributed by atoms with Gasteiger partial charge in [0.05, 0.1) is 0 Å². The third-order valence-electron chi connectivity index (χ3n) is 0.802. The van der Waals surface area contributed by atoms with Gasteiger partial charge in [0.2, 0.25) is 0 Å². The first-order valence-electron chi connectivity index (χ1n) is 2.33.